The molecule has 0 aromatic rings. The van der Waals surface area contributed by atoms with Crippen molar-refractivity contribution in [1.29, 1.82) is 0 Å². The Morgan fingerprint density at radius 2 is 1.76 bits per heavy atom. The van der Waals surface area contributed by atoms with Crippen LogP contribution < -0.4 is 0 Å². The summed E-state index contributed by atoms with van der Waals surface area (Å²) in [6.45, 7) is 11.6. The molecular weight excluding hydrogens is 208 g/mol. The standard InChI is InChI=1S/C16H24O/c1-5-8-16(11-6-9-14(2)3)12-7-10-15(4)13-17/h5,10-11,13H,1-2,6-9,12H2,3-4H3/b15-10+,16-11+. The molecule has 0 aromatic carbocycles. The molecule has 0 saturated heterocycles. The van der Waals surface area contributed by atoms with E-state index in [1.54, 1.807) is 0 Å². The Balaban J connectivity index is 4.18. The van der Waals surface area contributed by atoms with Crippen LogP contribution in [0.5, 0.6) is 0 Å². The first-order chi connectivity index (χ1) is 8.10. The lowest BCUT2D eigenvalue weighted by atomic mass is 10.0. The zero-order valence-electron chi connectivity index (χ0n) is 11.2. The van der Waals surface area contributed by atoms with Crippen LogP contribution >= 0.6 is 0 Å². The highest BCUT2D eigenvalue weighted by Gasteiger charge is 1.95. The van der Waals surface area contributed by atoms with E-state index in [2.05, 4.69) is 26.2 Å². The van der Waals surface area contributed by atoms with Crippen LogP contribution in [-0.2, 0) is 4.79 Å². The lowest BCUT2D eigenvalue weighted by molar-refractivity contribution is -0.104. The highest BCUT2D eigenvalue weighted by molar-refractivity contribution is 5.71. The van der Waals surface area contributed by atoms with Crippen molar-refractivity contribution in [3.63, 3.8) is 0 Å². The monoisotopic (exact) mass is 232 g/mol. The zero-order chi connectivity index (χ0) is 13.1. The van der Waals surface area contributed by atoms with E-state index < -0.39 is 0 Å². The second kappa shape index (κ2) is 9.83. The van der Waals surface area contributed by atoms with Crippen molar-refractivity contribution in [2.24, 2.45) is 0 Å². The second-order valence-corrected chi connectivity index (χ2v) is 4.46. The molecule has 0 aliphatic heterocycles. The first kappa shape index (κ1) is 15.6. The number of carbonyl (C=O) groups is 1. The molecular formula is C16H24O. The Morgan fingerprint density at radius 3 is 2.29 bits per heavy atom. The van der Waals surface area contributed by atoms with Gasteiger partial charge in [-0.25, -0.2) is 0 Å². The summed E-state index contributed by atoms with van der Waals surface area (Å²) in [6.07, 6.45) is 12.1. The summed E-state index contributed by atoms with van der Waals surface area (Å²) in [7, 11) is 0. The van der Waals surface area contributed by atoms with Crippen molar-refractivity contribution in [3.8, 4) is 0 Å². The van der Waals surface area contributed by atoms with Crippen molar-refractivity contribution < 1.29 is 4.79 Å². The summed E-state index contributed by atoms with van der Waals surface area (Å²) < 4.78 is 0. The predicted molar refractivity (Wildman–Crippen MR) is 76.0 cm³/mol. The molecule has 0 aliphatic rings. The third-order valence-electron chi connectivity index (χ3n) is 2.53. The van der Waals surface area contributed by atoms with Gasteiger partial charge in [-0.3, -0.25) is 4.79 Å². The fourth-order valence-corrected chi connectivity index (χ4v) is 1.53. The smallest absolute Gasteiger partial charge is 0.145 e. The number of rotatable bonds is 9. The largest absolute Gasteiger partial charge is 0.298 e. The first-order valence-corrected chi connectivity index (χ1v) is 6.15. The number of allylic oxidation sites excluding steroid dienone is 6. The Hall–Kier alpha value is -1.37. The van der Waals surface area contributed by atoms with E-state index in [9.17, 15) is 4.79 Å². The molecule has 0 fully saturated rings. The maximum absolute atomic E-state index is 10.4. The maximum Gasteiger partial charge on any atom is 0.145 e. The van der Waals surface area contributed by atoms with E-state index >= 15 is 0 Å². The summed E-state index contributed by atoms with van der Waals surface area (Å²) in [5, 5.41) is 0. The highest BCUT2D eigenvalue weighted by atomic mass is 16.1. The Kier molecular flexibility index (Phi) is 9.04. The minimum atomic E-state index is 0.810. The van der Waals surface area contributed by atoms with E-state index in [0.29, 0.717) is 0 Å². The Labute approximate surface area is 106 Å². The van der Waals surface area contributed by atoms with Crippen LogP contribution in [0.1, 0.15) is 46.0 Å². The first-order valence-electron chi connectivity index (χ1n) is 6.15. The van der Waals surface area contributed by atoms with Crippen molar-refractivity contribution >= 4 is 6.29 Å². The molecule has 0 aliphatic carbocycles. The molecule has 0 aromatic heterocycles. The quantitative estimate of drug-likeness (QED) is 0.318. The minimum Gasteiger partial charge on any atom is -0.298 e. The molecule has 0 bridgehead atoms. The summed E-state index contributed by atoms with van der Waals surface area (Å²) in [5.41, 5.74) is 3.43. The summed E-state index contributed by atoms with van der Waals surface area (Å²) in [6, 6.07) is 0. The molecule has 0 N–H and O–H groups in total. The number of hydrogen-bond donors (Lipinski definition) is 0. The van der Waals surface area contributed by atoms with Crippen LogP contribution in [0.2, 0.25) is 0 Å². The summed E-state index contributed by atoms with van der Waals surface area (Å²) >= 11 is 0. The Morgan fingerprint density at radius 1 is 1.12 bits per heavy atom. The SMILES string of the molecule is C=CC/C(=C\CCC(=C)C)CC/C=C(\C)C=O. The van der Waals surface area contributed by atoms with Gasteiger partial charge in [0.2, 0.25) is 0 Å². The van der Waals surface area contributed by atoms with Gasteiger partial charge in [0.25, 0.3) is 0 Å². The molecule has 1 nitrogen and oxygen atoms in total. The average Bonchev–Trinajstić information content (AvgIpc) is 2.28. The molecule has 17 heavy (non-hydrogen) atoms. The van der Waals surface area contributed by atoms with Crippen LogP contribution in [0.25, 0.3) is 0 Å². The van der Waals surface area contributed by atoms with Crippen LogP contribution in [-0.4, -0.2) is 6.29 Å². The molecule has 0 atom stereocenters. The van der Waals surface area contributed by atoms with E-state index in [1.807, 2.05) is 19.1 Å². The lowest BCUT2D eigenvalue weighted by Gasteiger charge is -2.03. The second-order valence-electron chi connectivity index (χ2n) is 4.46. The van der Waals surface area contributed by atoms with Crippen LogP contribution in [0, 0.1) is 0 Å². The molecule has 0 unspecified atom stereocenters. The van der Waals surface area contributed by atoms with E-state index in [-0.39, 0.29) is 0 Å². The minimum absolute atomic E-state index is 0.810. The predicted octanol–water partition coefficient (Wildman–Crippen LogP) is 4.77. The normalized spacial score (nSPS) is 12.4. The van der Waals surface area contributed by atoms with Gasteiger partial charge in [0.1, 0.15) is 6.29 Å². The fourth-order valence-electron chi connectivity index (χ4n) is 1.53. The van der Waals surface area contributed by atoms with Crippen molar-refractivity contribution in [2.75, 3.05) is 0 Å². The molecule has 94 valence electrons. The van der Waals surface area contributed by atoms with Gasteiger partial charge in [0, 0.05) is 0 Å². The van der Waals surface area contributed by atoms with Gasteiger partial charge in [-0.05, 0) is 51.5 Å². The zero-order valence-corrected chi connectivity index (χ0v) is 11.2. The molecule has 0 spiro atoms. The molecule has 0 radical (unpaired) electrons. The van der Waals surface area contributed by atoms with Gasteiger partial charge in [-0.15, -0.1) is 13.2 Å². The van der Waals surface area contributed by atoms with Gasteiger partial charge in [0.15, 0.2) is 0 Å². The highest BCUT2D eigenvalue weighted by Crippen LogP contribution is 2.14. The van der Waals surface area contributed by atoms with Crippen molar-refractivity contribution in [2.45, 2.75) is 46.0 Å². The third kappa shape index (κ3) is 9.55. The molecule has 0 rings (SSSR count). The van der Waals surface area contributed by atoms with E-state index in [1.165, 1.54) is 11.1 Å². The average molecular weight is 232 g/mol. The molecule has 0 amide bonds. The van der Waals surface area contributed by atoms with Gasteiger partial charge >= 0.3 is 0 Å². The number of aldehydes is 1. The topological polar surface area (TPSA) is 17.1 Å². The lowest BCUT2D eigenvalue weighted by Crippen LogP contribution is -1.84. The van der Waals surface area contributed by atoms with Gasteiger partial charge in [-0.2, -0.15) is 0 Å². The summed E-state index contributed by atoms with van der Waals surface area (Å²) in [4.78, 5) is 10.4. The van der Waals surface area contributed by atoms with Gasteiger partial charge < -0.3 is 0 Å². The number of carbonyl (C=O) groups excluding carboxylic acids is 1. The maximum atomic E-state index is 10.4. The van der Waals surface area contributed by atoms with E-state index in [4.69, 9.17) is 0 Å². The summed E-state index contributed by atoms with van der Waals surface area (Å²) in [5.74, 6) is 0. The van der Waals surface area contributed by atoms with Crippen LogP contribution in [0.4, 0.5) is 0 Å². The Bertz CT molecular complexity index is 318. The molecule has 0 saturated carbocycles. The van der Waals surface area contributed by atoms with Crippen molar-refractivity contribution in [3.05, 3.63) is 48.1 Å². The van der Waals surface area contributed by atoms with Crippen LogP contribution in [0.3, 0.4) is 0 Å². The number of hydrogen-bond acceptors (Lipinski definition) is 1. The van der Waals surface area contributed by atoms with E-state index in [0.717, 1.165) is 44.0 Å². The fraction of sp³-hybridized carbons (Fsp3) is 0.438. The van der Waals surface area contributed by atoms with Gasteiger partial charge in [0.05, 0.1) is 0 Å². The molecule has 1 heteroatoms. The van der Waals surface area contributed by atoms with Crippen molar-refractivity contribution in [1.82, 2.24) is 0 Å². The van der Waals surface area contributed by atoms with Gasteiger partial charge in [-0.1, -0.05) is 29.4 Å². The van der Waals surface area contributed by atoms with Crippen LogP contribution in [0.15, 0.2) is 48.1 Å². The molecule has 0 heterocycles. The third-order valence-corrected chi connectivity index (χ3v) is 2.53.